The molecule has 7 heteroatoms. The van der Waals surface area contributed by atoms with Gasteiger partial charge in [-0.05, 0) is 47.9 Å². The number of ether oxygens (including phenoxy) is 1. The van der Waals surface area contributed by atoms with E-state index in [9.17, 15) is 4.79 Å². The first-order chi connectivity index (χ1) is 14.6. The Kier molecular flexibility index (Phi) is 8.24. The number of carbonyl (C=O) groups is 1. The zero-order chi connectivity index (χ0) is 24.4. The highest BCUT2D eigenvalue weighted by Gasteiger charge is 2.45. The van der Waals surface area contributed by atoms with E-state index >= 15 is 0 Å². The second-order valence-electron chi connectivity index (χ2n) is 11.8. The second-order valence-corrected chi connectivity index (χ2v) is 21.3. The van der Waals surface area contributed by atoms with Crippen molar-refractivity contribution in [2.24, 2.45) is 0 Å². The molecule has 1 heterocycles. The molecule has 180 valence electrons. The zero-order valence-corrected chi connectivity index (χ0v) is 23.7. The molecular weight excluding hydrogens is 434 g/mol. The smallest absolute Gasteiger partial charge is 0.414 e. The summed E-state index contributed by atoms with van der Waals surface area (Å²) >= 11 is 0. The summed E-state index contributed by atoms with van der Waals surface area (Å²) < 4.78 is 18.9. The third kappa shape index (κ3) is 6.56. The minimum absolute atomic E-state index is 0.0763. The highest BCUT2D eigenvalue weighted by atomic mass is 28.4. The molecule has 0 bridgehead atoms. The van der Waals surface area contributed by atoms with Crippen LogP contribution >= 0.6 is 0 Å². The maximum absolute atomic E-state index is 13.0. The first kappa shape index (κ1) is 26.8. The van der Waals surface area contributed by atoms with Crippen LogP contribution in [-0.4, -0.2) is 46.4 Å². The van der Waals surface area contributed by atoms with E-state index in [4.69, 9.17) is 13.6 Å². The lowest BCUT2D eigenvalue weighted by Crippen LogP contribution is -2.52. The quantitative estimate of drug-likeness (QED) is 0.399. The van der Waals surface area contributed by atoms with Gasteiger partial charge in [0.25, 0.3) is 0 Å². The lowest BCUT2D eigenvalue weighted by atomic mass is 10.2. The molecule has 32 heavy (non-hydrogen) atoms. The Labute approximate surface area is 197 Å². The van der Waals surface area contributed by atoms with Gasteiger partial charge in [-0.3, -0.25) is 4.90 Å². The van der Waals surface area contributed by atoms with Gasteiger partial charge in [-0.15, -0.1) is 0 Å². The number of amides is 1. The van der Waals surface area contributed by atoms with Crippen LogP contribution in [0.25, 0.3) is 0 Å². The Morgan fingerprint density at radius 2 is 1.50 bits per heavy atom. The normalized spacial score (nSPS) is 20.0. The van der Waals surface area contributed by atoms with Crippen LogP contribution in [0, 0.1) is 0 Å². The minimum Gasteiger partial charge on any atom is -0.444 e. The summed E-state index contributed by atoms with van der Waals surface area (Å²) in [7, 11) is -4.02. The lowest BCUT2D eigenvalue weighted by Gasteiger charge is -2.42. The fourth-order valence-electron chi connectivity index (χ4n) is 2.88. The standard InChI is InChI=1S/C25H43NO4Si2/c1-24(2,3)31(7,8)29-19-21-22(30-32(9,10)25(4,5)6)16-17-26(21)23(27)28-18-20-14-12-11-13-15-20/h11-17,21-22H,18-19H2,1-10H3/t21-,22+/m1/s1. The summed E-state index contributed by atoms with van der Waals surface area (Å²) in [5.41, 5.74) is 0.965. The molecule has 0 radical (unpaired) electrons. The van der Waals surface area contributed by atoms with Crippen LogP contribution < -0.4 is 0 Å². The molecular formula is C25H43NO4Si2. The van der Waals surface area contributed by atoms with Crippen LogP contribution in [0.5, 0.6) is 0 Å². The third-order valence-electron chi connectivity index (χ3n) is 7.25. The van der Waals surface area contributed by atoms with Crippen LogP contribution in [0.3, 0.4) is 0 Å². The predicted octanol–water partition coefficient (Wildman–Crippen LogP) is 6.93. The lowest BCUT2D eigenvalue weighted by molar-refractivity contribution is 0.0618. The Hall–Kier alpha value is -1.42. The Bertz CT molecular complexity index is 794. The van der Waals surface area contributed by atoms with E-state index in [1.807, 2.05) is 42.6 Å². The molecule has 0 saturated heterocycles. The van der Waals surface area contributed by atoms with Crippen molar-refractivity contribution in [3.8, 4) is 0 Å². The zero-order valence-electron chi connectivity index (χ0n) is 21.7. The van der Waals surface area contributed by atoms with Gasteiger partial charge in [0.05, 0.1) is 18.8 Å². The Morgan fingerprint density at radius 1 is 0.938 bits per heavy atom. The van der Waals surface area contributed by atoms with Crippen LogP contribution in [0.4, 0.5) is 4.79 Å². The number of hydrogen-bond donors (Lipinski definition) is 0. The summed E-state index contributed by atoms with van der Waals surface area (Å²) in [5, 5.41) is 0.167. The number of benzene rings is 1. The van der Waals surface area contributed by atoms with Gasteiger partial charge in [-0.2, -0.15) is 0 Å². The molecule has 1 aromatic carbocycles. The maximum Gasteiger partial charge on any atom is 0.414 e. The van der Waals surface area contributed by atoms with Crippen molar-refractivity contribution in [1.82, 2.24) is 4.90 Å². The molecule has 1 aromatic rings. The van der Waals surface area contributed by atoms with E-state index in [0.29, 0.717) is 6.61 Å². The van der Waals surface area contributed by atoms with Crippen LogP contribution in [0.15, 0.2) is 42.6 Å². The highest BCUT2D eigenvalue weighted by Crippen LogP contribution is 2.40. The summed E-state index contributed by atoms with van der Waals surface area (Å²) in [6.07, 6.45) is 3.23. The van der Waals surface area contributed by atoms with Gasteiger partial charge in [0.2, 0.25) is 0 Å². The first-order valence-corrected chi connectivity index (χ1v) is 17.4. The molecule has 0 unspecified atom stereocenters. The third-order valence-corrected chi connectivity index (χ3v) is 16.2. The average Bonchev–Trinajstić information content (AvgIpc) is 3.05. The highest BCUT2D eigenvalue weighted by molar-refractivity contribution is 6.74. The van der Waals surface area contributed by atoms with Gasteiger partial charge in [0.15, 0.2) is 16.6 Å². The van der Waals surface area contributed by atoms with Crippen molar-refractivity contribution in [3.63, 3.8) is 0 Å². The van der Waals surface area contributed by atoms with Crippen molar-refractivity contribution in [2.45, 2.75) is 96.6 Å². The monoisotopic (exact) mass is 477 g/mol. The van der Waals surface area contributed by atoms with Gasteiger partial charge >= 0.3 is 6.09 Å². The van der Waals surface area contributed by atoms with Gasteiger partial charge in [-0.25, -0.2) is 4.79 Å². The van der Waals surface area contributed by atoms with Crippen molar-refractivity contribution in [1.29, 1.82) is 0 Å². The fourth-order valence-corrected chi connectivity index (χ4v) is 5.17. The molecule has 0 aliphatic carbocycles. The molecule has 1 aliphatic heterocycles. The number of hydrogen-bond acceptors (Lipinski definition) is 4. The van der Waals surface area contributed by atoms with Gasteiger partial charge in [0.1, 0.15) is 6.61 Å². The van der Waals surface area contributed by atoms with Crippen LogP contribution in [0.2, 0.25) is 36.3 Å². The largest absolute Gasteiger partial charge is 0.444 e. The molecule has 0 saturated carbocycles. The van der Waals surface area contributed by atoms with Gasteiger partial charge in [0, 0.05) is 6.20 Å². The van der Waals surface area contributed by atoms with Gasteiger partial charge < -0.3 is 13.6 Å². The van der Waals surface area contributed by atoms with Crippen LogP contribution in [-0.2, 0) is 20.2 Å². The van der Waals surface area contributed by atoms with Crippen molar-refractivity contribution >= 4 is 22.7 Å². The van der Waals surface area contributed by atoms with E-state index in [1.54, 1.807) is 4.90 Å². The molecule has 1 aliphatic rings. The van der Waals surface area contributed by atoms with Crippen LogP contribution in [0.1, 0.15) is 47.1 Å². The molecule has 0 spiro atoms. The van der Waals surface area contributed by atoms with E-state index in [-0.39, 0.29) is 34.9 Å². The SMILES string of the molecule is CC(C)(C)[Si](C)(C)OC[C@@H]1[C@@H](O[Si](C)(C)C(C)(C)C)C=CN1C(=O)OCc1ccccc1. The topological polar surface area (TPSA) is 48.0 Å². The first-order valence-electron chi connectivity index (χ1n) is 11.5. The molecule has 5 nitrogen and oxygen atoms in total. The minimum atomic E-state index is -2.03. The summed E-state index contributed by atoms with van der Waals surface area (Å²) in [6, 6.07) is 9.51. The van der Waals surface area contributed by atoms with Crippen molar-refractivity contribution in [2.75, 3.05) is 6.61 Å². The molecule has 0 N–H and O–H groups in total. The number of carbonyl (C=O) groups excluding carboxylic acids is 1. The summed E-state index contributed by atoms with van der Waals surface area (Å²) in [5.74, 6) is 0. The van der Waals surface area contributed by atoms with Crippen molar-refractivity contribution < 1.29 is 18.4 Å². The van der Waals surface area contributed by atoms with E-state index in [2.05, 4.69) is 67.7 Å². The Balaban J connectivity index is 2.18. The summed E-state index contributed by atoms with van der Waals surface area (Å²) in [4.78, 5) is 14.7. The molecule has 0 fully saturated rings. The van der Waals surface area contributed by atoms with E-state index in [1.165, 1.54) is 0 Å². The average molecular weight is 478 g/mol. The predicted molar refractivity (Wildman–Crippen MR) is 137 cm³/mol. The number of nitrogens with zero attached hydrogens (tertiary/aromatic N) is 1. The molecule has 0 aromatic heterocycles. The fraction of sp³-hybridized carbons (Fsp3) is 0.640. The Morgan fingerprint density at radius 3 is 2.03 bits per heavy atom. The second kappa shape index (κ2) is 9.83. The molecule has 2 rings (SSSR count). The van der Waals surface area contributed by atoms with E-state index < -0.39 is 16.6 Å². The molecule has 1 amide bonds. The van der Waals surface area contributed by atoms with E-state index in [0.717, 1.165) is 5.56 Å². The van der Waals surface area contributed by atoms with Crippen molar-refractivity contribution in [3.05, 3.63) is 48.2 Å². The maximum atomic E-state index is 13.0. The summed E-state index contributed by atoms with van der Waals surface area (Å²) in [6.45, 7) is 23.0. The molecule has 2 atom stereocenters. The van der Waals surface area contributed by atoms with Gasteiger partial charge in [-0.1, -0.05) is 71.9 Å². The number of rotatable bonds is 7.